The van der Waals surface area contributed by atoms with Gasteiger partial charge in [-0.1, -0.05) is 5.16 Å². The van der Waals surface area contributed by atoms with Gasteiger partial charge in [-0.15, -0.1) is 0 Å². The summed E-state index contributed by atoms with van der Waals surface area (Å²) in [5.74, 6) is 2.52. The standard InChI is InChI=1S/C11H21N3O2S/c1-8(2)14(5-3-10(12)13-16)11(15)9-4-6-17-7-9/h8-9,16H,3-7H2,1-2H3,(H2,12,13). The molecule has 1 atom stereocenters. The van der Waals surface area contributed by atoms with Crippen molar-refractivity contribution >= 4 is 23.5 Å². The quantitative estimate of drug-likeness (QED) is 0.335. The number of amidine groups is 1. The summed E-state index contributed by atoms with van der Waals surface area (Å²) >= 11 is 1.83. The number of hydrogen-bond acceptors (Lipinski definition) is 4. The van der Waals surface area contributed by atoms with E-state index >= 15 is 0 Å². The third-order valence-corrected chi connectivity index (χ3v) is 4.09. The average molecular weight is 259 g/mol. The Kier molecular flexibility index (Phi) is 5.61. The zero-order valence-corrected chi connectivity index (χ0v) is 11.2. The van der Waals surface area contributed by atoms with Crippen LogP contribution in [0.4, 0.5) is 0 Å². The van der Waals surface area contributed by atoms with Crippen LogP contribution in [0.1, 0.15) is 26.7 Å². The number of carbonyl (C=O) groups excluding carboxylic acids is 1. The first kappa shape index (κ1) is 14.2. The summed E-state index contributed by atoms with van der Waals surface area (Å²) in [4.78, 5) is 14.1. The second kappa shape index (κ2) is 6.74. The normalized spacial score (nSPS) is 20.9. The largest absolute Gasteiger partial charge is 0.409 e. The van der Waals surface area contributed by atoms with E-state index in [0.29, 0.717) is 13.0 Å². The smallest absolute Gasteiger partial charge is 0.226 e. The van der Waals surface area contributed by atoms with Crippen LogP contribution in [0.25, 0.3) is 0 Å². The van der Waals surface area contributed by atoms with Crippen LogP contribution < -0.4 is 5.73 Å². The number of carbonyl (C=O) groups is 1. The lowest BCUT2D eigenvalue weighted by molar-refractivity contribution is -0.136. The van der Waals surface area contributed by atoms with Gasteiger partial charge in [0.25, 0.3) is 0 Å². The first-order valence-electron chi connectivity index (χ1n) is 5.91. The maximum absolute atomic E-state index is 12.3. The summed E-state index contributed by atoms with van der Waals surface area (Å²) in [6.07, 6.45) is 1.39. The van der Waals surface area contributed by atoms with E-state index < -0.39 is 0 Å². The molecule has 5 nitrogen and oxygen atoms in total. The van der Waals surface area contributed by atoms with Gasteiger partial charge in [-0.2, -0.15) is 11.8 Å². The summed E-state index contributed by atoms with van der Waals surface area (Å²) in [5.41, 5.74) is 5.43. The predicted molar refractivity (Wildman–Crippen MR) is 70.3 cm³/mol. The first-order chi connectivity index (χ1) is 8.06. The minimum absolute atomic E-state index is 0.148. The molecule has 1 fully saturated rings. The van der Waals surface area contributed by atoms with Crippen molar-refractivity contribution in [2.24, 2.45) is 16.8 Å². The minimum atomic E-state index is 0.148. The lowest BCUT2D eigenvalue weighted by Gasteiger charge is -2.29. The Morgan fingerprint density at radius 2 is 2.35 bits per heavy atom. The van der Waals surface area contributed by atoms with Crippen molar-refractivity contribution in [3.63, 3.8) is 0 Å². The number of oxime groups is 1. The third-order valence-electron chi connectivity index (χ3n) is 2.92. The molecule has 0 aromatic rings. The molecule has 0 bridgehead atoms. The highest BCUT2D eigenvalue weighted by atomic mass is 32.2. The molecule has 1 aliphatic rings. The Labute approximate surface area is 106 Å². The zero-order chi connectivity index (χ0) is 12.8. The molecule has 1 heterocycles. The van der Waals surface area contributed by atoms with Crippen LogP contribution in [-0.2, 0) is 4.79 Å². The number of hydrogen-bond donors (Lipinski definition) is 2. The van der Waals surface area contributed by atoms with Gasteiger partial charge >= 0.3 is 0 Å². The molecule has 3 N–H and O–H groups in total. The van der Waals surface area contributed by atoms with Gasteiger partial charge in [0.05, 0.1) is 0 Å². The molecule has 0 radical (unpaired) electrons. The SMILES string of the molecule is CC(C)N(CCC(N)=NO)C(=O)C1CCSC1. The van der Waals surface area contributed by atoms with E-state index in [-0.39, 0.29) is 23.7 Å². The van der Waals surface area contributed by atoms with Crippen molar-refractivity contribution in [3.05, 3.63) is 0 Å². The Morgan fingerprint density at radius 3 is 2.82 bits per heavy atom. The number of amides is 1. The molecule has 0 aromatic carbocycles. The highest BCUT2D eigenvalue weighted by Gasteiger charge is 2.28. The lowest BCUT2D eigenvalue weighted by Crippen LogP contribution is -2.42. The van der Waals surface area contributed by atoms with Crippen molar-refractivity contribution < 1.29 is 10.0 Å². The van der Waals surface area contributed by atoms with Gasteiger partial charge in [-0.25, -0.2) is 0 Å². The van der Waals surface area contributed by atoms with Gasteiger partial charge < -0.3 is 15.8 Å². The van der Waals surface area contributed by atoms with Crippen LogP contribution in [0.2, 0.25) is 0 Å². The summed E-state index contributed by atoms with van der Waals surface area (Å²) in [7, 11) is 0. The second-order valence-corrected chi connectivity index (χ2v) is 5.68. The first-order valence-corrected chi connectivity index (χ1v) is 7.06. The van der Waals surface area contributed by atoms with E-state index in [9.17, 15) is 4.79 Å². The molecule has 0 aliphatic carbocycles. The molecule has 98 valence electrons. The third kappa shape index (κ3) is 4.11. The fraction of sp³-hybridized carbons (Fsp3) is 0.818. The van der Waals surface area contributed by atoms with E-state index in [1.165, 1.54) is 0 Å². The van der Waals surface area contributed by atoms with Gasteiger partial charge in [-0.3, -0.25) is 4.79 Å². The van der Waals surface area contributed by atoms with Gasteiger partial charge in [0.2, 0.25) is 5.91 Å². The highest BCUT2D eigenvalue weighted by Crippen LogP contribution is 2.25. The Morgan fingerprint density at radius 1 is 1.65 bits per heavy atom. The number of rotatable bonds is 5. The van der Waals surface area contributed by atoms with Gasteiger partial charge in [0.15, 0.2) is 0 Å². The van der Waals surface area contributed by atoms with Crippen LogP contribution in [0, 0.1) is 5.92 Å². The van der Waals surface area contributed by atoms with Crippen LogP contribution in [0.5, 0.6) is 0 Å². The number of nitrogens with zero attached hydrogens (tertiary/aromatic N) is 2. The number of nitrogens with two attached hydrogens (primary N) is 1. The van der Waals surface area contributed by atoms with Crippen LogP contribution in [0.3, 0.4) is 0 Å². The fourth-order valence-electron chi connectivity index (χ4n) is 1.87. The topological polar surface area (TPSA) is 78.9 Å². The van der Waals surface area contributed by atoms with Gasteiger partial charge in [0, 0.05) is 30.7 Å². The Hall–Kier alpha value is -0.910. The molecule has 0 aromatic heterocycles. The molecule has 17 heavy (non-hydrogen) atoms. The molecule has 1 aliphatic heterocycles. The van der Waals surface area contributed by atoms with E-state index in [4.69, 9.17) is 10.9 Å². The van der Waals surface area contributed by atoms with Crippen molar-refractivity contribution in [3.8, 4) is 0 Å². The van der Waals surface area contributed by atoms with Crippen LogP contribution >= 0.6 is 11.8 Å². The Bertz CT molecular complexity index is 288. The van der Waals surface area contributed by atoms with E-state index in [0.717, 1.165) is 17.9 Å². The van der Waals surface area contributed by atoms with Crippen LogP contribution in [0.15, 0.2) is 5.16 Å². The van der Waals surface area contributed by atoms with E-state index in [2.05, 4.69) is 5.16 Å². The van der Waals surface area contributed by atoms with Crippen molar-refractivity contribution in [2.45, 2.75) is 32.7 Å². The van der Waals surface area contributed by atoms with Crippen LogP contribution in [-0.4, -0.2) is 45.9 Å². The Balaban J connectivity index is 2.55. The summed E-state index contributed by atoms with van der Waals surface area (Å²) in [6, 6.07) is 0.152. The molecule has 1 rings (SSSR count). The van der Waals surface area contributed by atoms with Gasteiger partial charge in [0.1, 0.15) is 5.84 Å². The average Bonchev–Trinajstić information content (AvgIpc) is 2.81. The van der Waals surface area contributed by atoms with Crippen molar-refractivity contribution in [2.75, 3.05) is 18.1 Å². The molecular formula is C11H21N3O2S. The molecule has 0 saturated carbocycles. The lowest BCUT2D eigenvalue weighted by atomic mass is 10.1. The van der Waals surface area contributed by atoms with Crippen molar-refractivity contribution in [1.82, 2.24) is 4.90 Å². The van der Waals surface area contributed by atoms with Gasteiger partial charge in [-0.05, 0) is 26.0 Å². The maximum atomic E-state index is 12.3. The van der Waals surface area contributed by atoms with E-state index in [1.807, 2.05) is 30.5 Å². The fourth-order valence-corrected chi connectivity index (χ4v) is 3.08. The number of thioether (sulfide) groups is 1. The summed E-state index contributed by atoms with van der Waals surface area (Å²) < 4.78 is 0. The molecule has 1 unspecified atom stereocenters. The summed E-state index contributed by atoms with van der Waals surface area (Å²) in [6.45, 7) is 4.51. The molecule has 6 heteroatoms. The zero-order valence-electron chi connectivity index (χ0n) is 10.4. The summed E-state index contributed by atoms with van der Waals surface area (Å²) in [5, 5.41) is 11.4. The monoisotopic (exact) mass is 259 g/mol. The second-order valence-electron chi connectivity index (χ2n) is 4.53. The van der Waals surface area contributed by atoms with E-state index in [1.54, 1.807) is 0 Å². The molecule has 1 amide bonds. The molecule has 1 saturated heterocycles. The highest BCUT2D eigenvalue weighted by molar-refractivity contribution is 7.99. The maximum Gasteiger partial charge on any atom is 0.226 e. The predicted octanol–water partition coefficient (Wildman–Crippen LogP) is 1.11. The van der Waals surface area contributed by atoms with Crippen molar-refractivity contribution in [1.29, 1.82) is 0 Å². The molecule has 0 spiro atoms. The molecular weight excluding hydrogens is 238 g/mol. The minimum Gasteiger partial charge on any atom is -0.409 e.